The van der Waals surface area contributed by atoms with Gasteiger partial charge in [0, 0.05) is 30.9 Å². The van der Waals surface area contributed by atoms with E-state index in [1.807, 2.05) is 19.9 Å². The molecule has 4 rings (SSSR count). The van der Waals surface area contributed by atoms with Gasteiger partial charge in [0.25, 0.3) is 5.91 Å². The highest BCUT2D eigenvalue weighted by atomic mass is 16.5. The highest BCUT2D eigenvalue weighted by Crippen LogP contribution is 2.35. The molecule has 1 saturated carbocycles. The maximum atomic E-state index is 12.7. The highest BCUT2D eigenvalue weighted by Gasteiger charge is 2.52. The number of aromatic nitrogens is 3. The molecule has 1 spiro atoms. The van der Waals surface area contributed by atoms with Crippen molar-refractivity contribution in [1.29, 1.82) is 0 Å². The first kappa shape index (κ1) is 21.0. The van der Waals surface area contributed by atoms with Crippen molar-refractivity contribution in [2.24, 2.45) is 5.92 Å². The molecule has 1 aliphatic heterocycles. The number of hydrogen-bond acceptors (Lipinski definition) is 7. The van der Waals surface area contributed by atoms with Crippen LogP contribution in [0.5, 0.6) is 0 Å². The lowest BCUT2D eigenvalue weighted by molar-refractivity contribution is -0.131. The molecule has 1 aliphatic carbocycles. The maximum Gasteiger partial charge on any atom is 0.325 e. The molecule has 31 heavy (non-hydrogen) atoms. The average Bonchev–Trinajstić information content (AvgIpc) is 3.47. The smallest absolute Gasteiger partial charge is 0.325 e. The first-order valence-electron chi connectivity index (χ1n) is 10.6. The third kappa shape index (κ3) is 4.14. The van der Waals surface area contributed by atoms with E-state index in [-0.39, 0.29) is 30.7 Å². The first-order chi connectivity index (χ1) is 14.9. The van der Waals surface area contributed by atoms with Gasteiger partial charge in [-0.2, -0.15) is 4.98 Å². The zero-order valence-corrected chi connectivity index (χ0v) is 17.6. The van der Waals surface area contributed by atoms with E-state index in [2.05, 4.69) is 25.8 Å². The lowest BCUT2D eigenvalue weighted by atomic mass is 9.98. The molecule has 3 heterocycles. The second-order valence-electron chi connectivity index (χ2n) is 8.41. The molecule has 2 fully saturated rings. The quantitative estimate of drug-likeness (QED) is 0.649. The molecule has 1 saturated heterocycles. The van der Waals surface area contributed by atoms with E-state index >= 15 is 0 Å². The number of carbonyl (C=O) groups is 3. The van der Waals surface area contributed by atoms with E-state index in [1.165, 1.54) is 0 Å². The summed E-state index contributed by atoms with van der Waals surface area (Å²) >= 11 is 0. The second kappa shape index (κ2) is 8.44. The minimum absolute atomic E-state index is 0.00204. The Kier molecular flexibility index (Phi) is 5.71. The Morgan fingerprint density at radius 2 is 2.10 bits per heavy atom. The number of pyridine rings is 1. The van der Waals surface area contributed by atoms with E-state index in [4.69, 9.17) is 4.52 Å². The fourth-order valence-electron chi connectivity index (χ4n) is 4.14. The monoisotopic (exact) mass is 426 g/mol. The van der Waals surface area contributed by atoms with Crippen LogP contribution in [-0.4, -0.2) is 50.0 Å². The third-order valence-corrected chi connectivity index (χ3v) is 5.88. The molecule has 0 aromatic carbocycles. The summed E-state index contributed by atoms with van der Waals surface area (Å²) in [4.78, 5) is 47.2. The van der Waals surface area contributed by atoms with Crippen LogP contribution in [0.4, 0.5) is 4.79 Å². The van der Waals surface area contributed by atoms with Gasteiger partial charge < -0.3 is 15.2 Å². The third-order valence-electron chi connectivity index (χ3n) is 5.88. The Bertz CT molecular complexity index is 967. The average molecular weight is 426 g/mol. The van der Waals surface area contributed by atoms with Crippen molar-refractivity contribution in [2.45, 2.75) is 57.5 Å². The van der Waals surface area contributed by atoms with Gasteiger partial charge >= 0.3 is 6.03 Å². The predicted octanol–water partition coefficient (Wildman–Crippen LogP) is 2.20. The molecule has 2 aromatic heterocycles. The summed E-state index contributed by atoms with van der Waals surface area (Å²) in [5.41, 5.74) is -0.0498. The summed E-state index contributed by atoms with van der Waals surface area (Å²) < 4.78 is 5.39. The zero-order chi connectivity index (χ0) is 22.0. The molecule has 2 N–H and O–H groups in total. The fraction of sp³-hybridized carbons (Fsp3) is 0.524. The van der Waals surface area contributed by atoms with Crippen LogP contribution in [0.3, 0.4) is 0 Å². The van der Waals surface area contributed by atoms with E-state index in [1.54, 1.807) is 18.5 Å². The number of hydrogen-bond donors (Lipinski definition) is 2. The number of nitrogens with one attached hydrogen (secondary N) is 2. The van der Waals surface area contributed by atoms with Crippen molar-refractivity contribution in [3.8, 4) is 11.4 Å². The van der Waals surface area contributed by atoms with Crippen molar-refractivity contribution in [3.05, 3.63) is 30.4 Å². The second-order valence-corrected chi connectivity index (χ2v) is 8.41. The molecule has 2 aromatic rings. The van der Waals surface area contributed by atoms with Crippen molar-refractivity contribution in [1.82, 2.24) is 30.7 Å². The fourth-order valence-corrected chi connectivity index (χ4v) is 4.14. The lowest BCUT2D eigenvalue weighted by Crippen LogP contribution is -2.44. The number of amides is 4. The van der Waals surface area contributed by atoms with Crippen molar-refractivity contribution in [3.63, 3.8) is 0 Å². The molecule has 10 heteroatoms. The van der Waals surface area contributed by atoms with Gasteiger partial charge in [0.15, 0.2) is 0 Å². The Labute approximate surface area is 179 Å². The van der Waals surface area contributed by atoms with Crippen LogP contribution in [0.15, 0.2) is 29.0 Å². The van der Waals surface area contributed by atoms with Crippen molar-refractivity contribution >= 4 is 17.8 Å². The predicted molar refractivity (Wildman–Crippen MR) is 109 cm³/mol. The van der Waals surface area contributed by atoms with Crippen molar-refractivity contribution in [2.75, 3.05) is 6.54 Å². The van der Waals surface area contributed by atoms with Crippen LogP contribution in [0.1, 0.15) is 57.9 Å². The van der Waals surface area contributed by atoms with E-state index in [9.17, 15) is 14.4 Å². The van der Waals surface area contributed by atoms with Crippen LogP contribution in [0, 0.1) is 5.92 Å². The van der Waals surface area contributed by atoms with Gasteiger partial charge in [-0.3, -0.25) is 19.5 Å². The molecule has 0 radical (unpaired) electrons. The van der Waals surface area contributed by atoms with Crippen LogP contribution in [0.25, 0.3) is 11.4 Å². The SMILES string of the molecule is CC(C)C(NC(=O)CCN1C(=O)NC2(CCCC2)C1=O)c1nc(-c2cccnc2)no1. The molecule has 10 nitrogen and oxygen atoms in total. The minimum atomic E-state index is -0.763. The summed E-state index contributed by atoms with van der Waals surface area (Å²) in [5, 5.41) is 9.70. The lowest BCUT2D eigenvalue weighted by Gasteiger charge is -2.21. The van der Waals surface area contributed by atoms with Crippen LogP contribution in [0.2, 0.25) is 0 Å². The number of carbonyl (C=O) groups excluding carboxylic acids is 3. The molecule has 2 aliphatic rings. The molecule has 0 bridgehead atoms. The molecule has 1 unspecified atom stereocenters. The molecule has 164 valence electrons. The first-order valence-corrected chi connectivity index (χ1v) is 10.6. The standard InChI is InChI=1S/C21H26N6O4/c1-13(2)16(18-24-17(26-31-18)14-6-5-10-22-12-14)23-15(28)7-11-27-19(29)21(25-20(27)30)8-3-4-9-21/h5-6,10,12-13,16H,3-4,7-9,11H2,1-2H3,(H,23,28)(H,25,30). The van der Waals surface area contributed by atoms with Gasteiger partial charge in [0.05, 0.1) is 0 Å². The summed E-state index contributed by atoms with van der Waals surface area (Å²) in [6, 6.07) is 2.69. The summed E-state index contributed by atoms with van der Waals surface area (Å²) in [7, 11) is 0. The van der Waals surface area contributed by atoms with Gasteiger partial charge in [-0.15, -0.1) is 0 Å². The Hall–Kier alpha value is -3.30. The van der Waals surface area contributed by atoms with Gasteiger partial charge in [0.2, 0.25) is 17.6 Å². The number of imide groups is 1. The molecule has 4 amide bonds. The number of nitrogens with zero attached hydrogens (tertiary/aromatic N) is 4. The summed E-state index contributed by atoms with van der Waals surface area (Å²) in [6.45, 7) is 3.90. The zero-order valence-electron chi connectivity index (χ0n) is 17.6. The highest BCUT2D eigenvalue weighted by molar-refractivity contribution is 6.07. The van der Waals surface area contributed by atoms with Crippen LogP contribution >= 0.6 is 0 Å². The number of urea groups is 1. The Balaban J connectivity index is 1.38. The van der Waals surface area contributed by atoms with Crippen LogP contribution < -0.4 is 10.6 Å². The largest absolute Gasteiger partial charge is 0.344 e. The molecular weight excluding hydrogens is 400 g/mol. The van der Waals surface area contributed by atoms with E-state index in [0.29, 0.717) is 30.1 Å². The van der Waals surface area contributed by atoms with Crippen molar-refractivity contribution < 1.29 is 18.9 Å². The number of rotatable bonds is 7. The van der Waals surface area contributed by atoms with Crippen LogP contribution in [-0.2, 0) is 9.59 Å². The molecular formula is C21H26N6O4. The van der Waals surface area contributed by atoms with Gasteiger partial charge in [-0.05, 0) is 30.9 Å². The van der Waals surface area contributed by atoms with Gasteiger partial charge in [-0.1, -0.05) is 31.8 Å². The maximum absolute atomic E-state index is 12.7. The Morgan fingerprint density at radius 3 is 2.77 bits per heavy atom. The van der Waals surface area contributed by atoms with Gasteiger partial charge in [-0.25, -0.2) is 4.79 Å². The van der Waals surface area contributed by atoms with E-state index in [0.717, 1.165) is 17.7 Å². The Morgan fingerprint density at radius 1 is 1.32 bits per heavy atom. The minimum Gasteiger partial charge on any atom is -0.344 e. The topological polar surface area (TPSA) is 130 Å². The summed E-state index contributed by atoms with van der Waals surface area (Å²) in [5.74, 6) is 0.157. The normalized spacial score (nSPS) is 18.6. The van der Waals surface area contributed by atoms with E-state index < -0.39 is 17.6 Å². The summed E-state index contributed by atoms with van der Waals surface area (Å²) in [6.07, 6.45) is 6.44. The van der Waals surface area contributed by atoms with Gasteiger partial charge in [0.1, 0.15) is 11.6 Å². The molecule has 1 atom stereocenters.